The monoisotopic (exact) mass is 429 g/mol. The Labute approximate surface area is 177 Å². The van der Waals surface area contributed by atoms with E-state index in [2.05, 4.69) is 5.32 Å². The molecule has 1 fully saturated rings. The SMILES string of the molecule is CCc1cccc(N2C(=O)CN(S(C)(=O)=O)C[C@]2(C)C(=O)NCc2ccccc2)c1. The molecule has 1 saturated heterocycles. The van der Waals surface area contributed by atoms with Crippen LogP contribution in [0.3, 0.4) is 0 Å². The molecule has 3 rings (SSSR count). The zero-order chi connectivity index (χ0) is 21.9. The summed E-state index contributed by atoms with van der Waals surface area (Å²) in [5, 5.41) is 2.88. The molecule has 0 aromatic heterocycles. The van der Waals surface area contributed by atoms with Crippen molar-refractivity contribution in [2.24, 2.45) is 0 Å². The van der Waals surface area contributed by atoms with Crippen LogP contribution in [0.25, 0.3) is 0 Å². The molecule has 0 unspecified atom stereocenters. The number of nitrogens with one attached hydrogen (secondary N) is 1. The predicted molar refractivity (Wildman–Crippen MR) is 116 cm³/mol. The average Bonchev–Trinajstić information content (AvgIpc) is 2.71. The molecule has 0 radical (unpaired) electrons. The van der Waals surface area contributed by atoms with Crippen molar-refractivity contribution >= 4 is 27.5 Å². The normalized spacial score (nSPS) is 20.2. The number of sulfonamides is 1. The summed E-state index contributed by atoms with van der Waals surface area (Å²) in [5.41, 5.74) is 1.14. The Morgan fingerprint density at radius 3 is 2.40 bits per heavy atom. The minimum Gasteiger partial charge on any atom is -0.350 e. The smallest absolute Gasteiger partial charge is 0.247 e. The second-order valence-electron chi connectivity index (χ2n) is 7.73. The topological polar surface area (TPSA) is 86.8 Å². The van der Waals surface area contributed by atoms with Gasteiger partial charge in [0, 0.05) is 18.8 Å². The Kier molecular flexibility index (Phi) is 6.28. The maximum absolute atomic E-state index is 13.3. The Balaban J connectivity index is 1.97. The van der Waals surface area contributed by atoms with E-state index in [1.807, 2.05) is 55.5 Å². The standard InChI is InChI=1S/C22H27N3O4S/c1-4-17-11-8-12-19(13-17)25-20(26)15-24(30(3,28)29)16-22(25,2)21(27)23-14-18-9-6-5-7-10-18/h5-13H,4,14-16H2,1-3H3,(H,23,27)/t22-/m1/s1. The van der Waals surface area contributed by atoms with E-state index in [0.29, 0.717) is 5.69 Å². The van der Waals surface area contributed by atoms with Crippen LogP contribution in [0, 0.1) is 0 Å². The number of aryl methyl sites for hydroxylation is 1. The van der Waals surface area contributed by atoms with Crippen LogP contribution in [0.1, 0.15) is 25.0 Å². The molecule has 1 heterocycles. The van der Waals surface area contributed by atoms with Gasteiger partial charge in [0.1, 0.15) is 5.54 Å². The number of hydrogen-bond acceptors (Lipinski definition) is 4. The molecule has 0 saturated carbocycles. The van der Waals surface area contributed by atoms with E-state index in [-0.39, 0.29) is 19.6 Å². The number of piperazine rings is 1. The summed E-state index contributed by atoms with van der Waals surface area (Å²) in [7, 11) is -3.64. The fourth-order valence-electron chi connectivity index (χ4n) is 3.69. The second kappa shape index (κ2) is 8.57. The number of rotatable bonds is 6. The van der Waals surface area contributed by atoms with Crippen molar-refractivity contribution in [3.8, 4) is 0 Å². The van der Waals surface area contributed by atoms with E-state index in [0.717, 1.165) is 28.1 Å². The Bertz CT molecular complexity index is 1040. The van der Waals surface area contributed by atoms with Gasteiger partial charge in [-0.25, -0.2) is 8.42 Å². The first kappa shape index (κ1) is 22.0. The van der Waals surface area contributed by atoms with Gasteiger partial charge >= 0.3 is 0 Å². The van der Waals surface area contributed by atoms with Gasteiger partial charge in [-0.1, -0.05) is 49.4 Å². The summed E-state index contributed by atoms with van der Waals surface area (Å²) in [5.74, 6) is -0.841. The van der Waals surface area contributed by atoms with Gasteiger partial charge in [-0.05, 0) is 36.6 Å². The fraction of sp³-hybridized carbons (Fsp3) is 0.364. The molecule has 0 spiro atoms. The first-order chi connectivity index (χ1) is 14.1. The molecule has 1 aliphatic rings. The molecule has 160 valence electrons. The lowest BCUT2D eigenvalue weighted by Crippen LogP contribution is -2.70. The third kappa shape index (κ3) is 4.55. The van der Waals surface area contributed by atoms with Gasteiger partial charge in [-0.3, -0.25) is 14.5 Å². The average molecular weight is 430 g/mol. The van der Waals surface area contributed by atoms with E-state index < -0.39 is 27.4 Å². The third-order valence-corrected chi connectivity index (χ3v) is 6.57. The lowest BCUT2D eigenvalue weighted by atomic mass is 9.94. The minimum atomic E-state index is -3.64. The second-order valence-corrected chi connectivity index (χ2v) is 9.71. The van der Waals surface area contributed by atoms with Gasteiger partial charge in [0.2, 0.25) is 21.8 Å². The lowest BCUT2D eigenvalue weighted by Gasteiger charge is -2.46. The van der Waals surface area contributed by atoms with E-state index in [1.165, 1.54) is 4.90 Å². The Morgan fingerprint density at radius 2 is 1.77 bits per heavy atom. The van der Waals surface area contributed by atoms with Gasteiger partial charge in [-0.15, -0.1) is 0 Å². The molecule has 30 heavy (non-hydrogen) atoms. The Hall–Kier alpha value is -2.71. The van der Waals surface area contributed by atoms with E-state index in [4.69, 9.17) is 0 Å². The zero-order valence-electron chi connectivity index (χ0n) is 17.5. The molecule has 1 aliphatic heterocycles. The fourth-order valence-corrected chi connectivity index (χ4v) is 4.52. The number of amides is 2. The van der Waals surface area contributed by atoms with Crippen molar-refractivity contribution in [2.75, 3.05) is 24.2 Å². The molecule has 1 atom stereocenters. The van der Waals surface area contributed by atoms with Crippen molar-refractivity contribution in [1.82, 2.24) is 9.62 Å². The maximum Gasteiger partial charge on any atom is 0.247 e. The number of carbonyl (C=O) groups excluding carboxylic acids is 2. The van der Waals surface area contributed by atoms with Crippen molar-refractivity contribution in [3.63, 3.8) is 0 Å². The number of anilines is 1. The molecular weight excluding hydrogens is 402 g/mol. The minimum absolute atomic E-state index is 0.117. The van der Waals surface area contributed by atoms with Gasteiger partial charge < -0.3 is 5.32 Å². The van der Waals surface area contributed by atoms with E-state index in [9.17, 15) is 18.0 Å². The molecular formula is C22H27N3O4S. The van der Waals surface area contributed by atoms with Gasteiger partial charge in [0.05, 0.1) is 12.8 Å². The number of benzene rings is 2. The highest BCUT2D eigenvalue weighted by Gasteiger charge is 2.50. The van der Waals surface area contributed by atoms with Crippen LogP contribution in [-0.4, -0.2) is 49.4 Å². The van der Waals surface area contributed by atoms with Crippen molar-refractivity contribution in [3.05, 3.63) is 65.7 Å². The summed E-state index contributed by atoms with van der Waals surface area (Å²) in [6.45, 7) is 3.49. The van der Waals surface area contributed by atoms with Crippen molar-refractivity contribution < 1.29 is 18.0 Å². The van der Waals surface area contributed by atoms with Crippen LogP contribution in [-0.2, 0) is 32.6 Å². The molecule has 0 bridgehead atoms. The molecule has 2 aromatic carbocycles. The molecule has 2 aromatic rings. The molecule has 2 amide bonds. The van der Waals surface area contributed by atoms with Crippen LogP contribution >= 0.6 is 0 Å². The van der Waals surface area contributed by atoms with Crippen LogP contribution in [0.15, 0.2) is 54.6 Å². The first-order valence-electron chi connectivity index (χ1n) is 9.84. The summed E-state index contributed by atoms with van der Waals surface area (Å²) in [4.78, 5) is 27.8. The van der Waals surface area contributed by atoms with Crippen LogP contribution in [0.4, 0.5) is 5.69 Å². The highest BCUT2D eigenvalue weighted by molar-refractivity contribution is 7.88. The maximum atomic E-state index is 13.3. The highest BCUT2D eigenvalue weighted by Crippen LogP contribution is 2.31. The highest BCUT2D eigenvalue weighted by atomic mass is 32.2. The molecule has 8 heteroatoms. The number of hydrogen-bond donors (Lipinski definition) is 1. The van der Waals surface area contributed by atoms with Crippen LogP contribution < -0.4 is 10.2 Å². The van der Waals surface area contributed by atoms with E-state index >= 15 is 0 Å². The Morgan fingerprint density at radius 1 is 1.10 bits per heavy atom. The molecule has 1 N–H and O–H groups in total. The number of nitrogens with zero attached hydrogens (tertiary/aromatic N) is 2. The largest absolute Gasteiger partial charge is 0.350 e. The quantitative estimate of drug-likeness (QED) is 0.760. The van der Waals surface area contributed by atoms with Crippen molar-refractivity contribution in [1.29, 1.82) is 0 Å². The van der Waals surface area contributed by atoms with E-state index in [1.54, 1.807) is 13.0 Å². The number of carbonyl (C=O) groups is 2. The summed E-state index contributed by atoms with van der Waals surface area (Å²) in [6, 6.07) is 16.9. The molecule has 0 aliphatic carbocycles. The third-order valence-electron chi connectivity index (χ3n) is 5.37. The predicted octanol–water partition coefficient (Wildman–Crippen LogP) is 1.93. The van der Waals surface area contributed by atoms with Gasteiger partial charge in [0.15, 0.2) is 0 Å². The molecule has 7 nitrogen and oxygen atoms in total. The van der Waals surface area contributed by atoms with Crippen molar-refractivity contribution in [2.45, 2.75) is 32.4 Å². The first-order valence-corrected chi connectivity index (χ1v) is 11.7. The summed E-state index contributed by atoms with van der Waals surface area (Å²) < 4.78 is 25.4. The van der Waals surface area contributed by atoms with Crippen LogP contribution in [0.5, 0.6) is 0 Å². The lowest BCUT2D eigenvalue weighted by molar-refractivity contribution is -0.133. The summed E-state index contributed by atoms with van der Waals surface area (Å²) >= 11 is 0. The van der Waals surface area contributed by atoms with Gasteiger partial charge in [0.25, 0.3) is 0 Å². The zero-order valence-corrected chi connectivity index (χ0v) is 18.3. The summed E-state index contributed by atoms with van der Waals surface area (Å²) in [6.07, 6.45) is 1.83. The van der Waals surface area contributed by atoms with Gasteiger partial charge in [-0.2, -0.15) is 4.31 Å². The van der Waals surface area contributed by atoms with Crippen LogP contribution in [0.2, 0.25) is 0 Å².